The second-order valence-corrected chi connectivity index (χ2v) is 7.31. The van der Waals surface area contributed by atoms with Crippen LogP contribution in [0.4, 0.5) is 0 Å². The van der Waals surface area contributed by atoms with Crippen molar-refractivity contribution in [1.29, 1.82) is 0 Å². The fraction of sp³-hybridized carbons (Fsp3) is 0.417. The molecule has 0 saturated carbocycles. The van der Waals surface area contributed by atoms with Crippen molar-refractivity contribution in [3.8, 4) is 0 Å². The molecule has 0 radical (unpaired) electrons. The Bertz CT molecular complexity index is 644. The Morgan fingerprint density at radius 3 is 1.11 bits per heavy atom. The first-order valence-corrected chi connectivity index (χ1v) is 9.59. The maximum absolute atomic E-state index is 11.5. The predicted molar refractivity (Wildman–Crippen MR) is 112 cm³/mol. The molecule has 0 amide bonds. The number of benzene rings is 2. The van der Waals surface area contributed by atoms with Gasteiger partial charge in [0.1, 0.15) is 0 Å². The number of rotatable bonds is 6. The summed E-state index contributed by atoms with van der Waals surface area (Å²) >= 11 is 0. The highest BCUT2D eigenvalue weighted by atomic mass is 16.5. The molecule has 4 heteroatoms. The Kier molecular flexibility index (Phi) is 10.0. The standard InChI is InChI=1S/2C12H16O2/c2*1-9(2)11(12(13)14-3)10-7-5-4-6-8-10/h2*4-9,11H,1-3H3/t2*11-/m10/s1. The van der Waals surface area contributed by atoms with Gasteiger partial charge in [0.05, 0.1) is 26.1 Å². The number of hydrogen-bond acceptors (Lipinski definition) is 4. The van der Waals surface area contributed by atoms with E-state index in [4.69, 9.17) is 9.47 Å². The van der Waals surface area contributed by atoms with Gasteiger partial charge in [0.2, 0.25) is 0 Å². The monoisotopic (exact) mass is 384 g/mol. The maximum atomic E-state index is 11.5. The van der Waals surface area contributed by atoms with Gasteiger partial charge in [-0.1, -0.05) is 88.4 Å². The van der Waals surface area contributed by atoms with Gasteiger partial charge in [-0.05, 0) is 23.0 Å². The molecular weight excluding hydrogens is 352 g/mol. The minimum absolute atomic E-state index is 0.152. The molecule has 28 heavy (non-hydrogen) atoms. The average Bonchev–Trinajstić information content (AvgIpc) is 2.69. The van der Waals surface area contributed by atoms with Crippen LogP contribution in [0.25, 0.3) is 0 Å². The van der Waals surface area contributed by atoms with Crippen LogP contribution < -0.4 is 0 Å². The molecule has 2 rings (SSSR count). The molecule has 0 fully saturated rings. The molecular formula is C24H32O4. The summed E-state index contributed by atoms with van der Waals surface area (Å²) in [7, 11) is 2.86. The highest BCUT2D eigenvalue weighted by Gasteiger charge is 2.25. The van der Waals surface area contributed by atoms with E-state index < -0.39 is 0 Å². The van der Waals surface area contributed by atoms with Gasteiger partial charge in [-0.15, -0.1) is 0 Å². The normalized spacial score (nSPS) is 12.6. The summed E-state index contributed by atoms with van der Waals surface area (Å²) in [6.45, 7) is 8.09. The summed E-state index contributed by atoms with van der Waals surface area (Å²) in [4.78, 5) is 23.1. The van der Waals surface area contributed by atoms with Crippen molar-refractivity contribution in [2.45, 2.75) is 39.5 Å². The Labute approximate surface area is 168 Å². The lowest BCUT2D eigenvalue weighted by Gasteiger charge is -2.18. The largest absolute Gasteiger partial charge is 0.469 e. The number of carbonyl (C=O) groups excluding carboxylic acids is 2. The lowest BCUT2D eigenvalue weighted by atomic mass is 9.89. The summed E-state index contributed by atoms with van der Waals surface area (Å²) < 4.78 is 9.58. The summed E-state index contributed by atoms with van der Waals surface area (Å²) in [5.74, 6) is -0.116. The van der Waals surface area contributed by atoms with Crippen LogP contribution in [0.15, 0.2) is 60.7 Å². The third-order valence-corrected chi connectivity index (χ3v) is 4.56. The van der Waals surface area contributed by atoms with E-state index in [9.17, 15) is 9.59 Å². The zero-order chi connectivity index (χ0) is 21.1. The van der Waals surface area contributed by atoms with Crippen LogP contribution in [0, 0.1) is 11.8 Å². The van der Waals surface area contributed by atoms with Crippen LogP contribution in [0.1, 0.15) is 50.7 Å². The zero-order valence-electron chi connectivity index (χ0n) is 17.7. The predicted octanol–water partition coefficient (Wildman–Crippen LogP) is 5.20. The van der Waals surface area contributed by atoms with E-state index in [1.165, 1.54) is 14.2 Å². The summed E-state index contributed by atoms with van der Waals surface area (Å²) in [6, 6.07) is 19.5. The van der Waals surface area contributed by atoms with E-state index in [-0.39, 0.29) is 35.6 Å². The van der Waals surface area contributed by atoms with Crippen molar-refractivity contribution in [3.63, 3.8) is 0 Å². The van der Waals surface area contributed by atoms with Crippen molar-refractivity contribution in [1.82, 2.24) is 0 Å². The van der Waals surface area contributed by atoms with Crippen molar-refractivity contribution in [2.75, 3.05) is 14.2 Å². The van der Waals surface area contributed by atoms with Crippen LogP contribution in [-0.4, -0.2) is 26.2 Å². The smallest absolute Gasteiger partial charge is 0.313 e. The molecule has 0 spiro atoms. The van der Waals surface area contributed by atoms with E-state index >= 15 is 0 Å². The van der Waals surface area contributed by atoms with E-state index in [0.29, 0.717) is 0 Å². The Balaban J connectivity index is 0.000000280. The van der Waals surface area contributed by atoms with E-state index in [2.05, 4.69) is 0 Å². The molecule has 0 saturated heterocycles. The van der Waals surface area contributed by atoms with Crippen LogP contribution in [-0.2, 0) is 19.1 Å². The number of carbonyl (C=O) groups is 2. The molecule has 0 aliphatic heterocycles. The number of ether oxygens (including phenoxy) is 2. The number of methoxy groups -OCH3 is 2. The first-order valence-electron chi connectivity index (χ1n) is 9.59. The minimum Gasteiger partial charge on any atom is -0.469 e. The average molecular weight is 385 g/mol. The molecule has 152 valence electrons. The van der Waals surface area contributed by atoms with E-state index in [1.807, 2.05) is 88.4 Å². The molecule has 0 unspecified atom stereocenters. The fourth-order valence-electron chi connectivity index (χ4n) is 3.16. The van der Waals surface area contributed by atoms with Crippen LogP contribution in [0.5, 0.6) is 0 Å². The molecule has 4 nitrogen and oxygen atoms in total. The van der Waals surface area contributed by atoms with Crippen molar-refractivity contribution in [3.05, 3.63) is 71.8 Å². The lowest BCUT2D eigenvalue weighted by Crippen LogP contribution is -2.19. The van der Waals surface area contributed by atoms with Crippen molar-refractivity contribution in [2.24, 2.45) is 11.8 Å². The summed E-state index contributed by atoms with van der Waals surface area (Å²) in [5, 5.41) is 0. The van der Waals surface area contributed by atoms with Crippen LogP contribution >= 0.6 is 0 Å². The van der Waals surface area contributed by atoms with Gasteiger partial charge in [-0.25, -0.2) is 0 Å². The number of esters is 2. The summed E-state index contributed by atoms with van der Waals surface area (Å²) in [5.41, 5.74) is 2.05. The Morgan fingerprint density at radius 1 is 0.607 bits per heavy atom. The number of hydrogen-bond donors (Lipinski definition) is 0. The quantitative estimate of drug-likeness (QED) is 0.643. The van der Waals surface area contributed by atoms with Gasteiger partial charge in [-0.3, -0.25) is 9.59 Å². The molecule has 2 atom stereocenters. The molecule has 2 aromatic rings. The first-order chi connectivity index (χ1) is 13.3. The lowest BCUT2D eigenvalue weighted by molar-refractivity contribution is -0.144. The fourth-order valence-corrected chi connectivity index (χ4v) is 3.16. The van der Waals surface area contributed by atoms with Gasteiger partial charge in [0, 0.05) is 0 Å². The third kappa shape index (κ3) is 6.84. The second kappa shape index (κ2) is 12.0. The highest BCUT2D eigenvalue weighted by Crippen LogP contribution is 2.26. The van der Waals surface area contributed by atoms with Gasteiger partial charge >= 0.3 is 11.9 Å². The Hall–Kier alpha value is -2.62. The SMILES string of the molecule is COC(=O)[C@@H](c1ccccc1)C(C)C.COC(=O)[C@H](c1ccccc1)C(C)C. The van der Waals surface area contributed by atoms with Crippen molar-refractivity contribution >= 4 is 11.9 Å². The van der Waals surface area contributed by atoms with Crippen LogP contribution in [0.2, 0.25) is 0 Å². The molecule has 0 N–H and O–H groups in total. The van der Waals surface area contributed by atoms with Gasteiger partial charge in [-0.2, -0.15) is 0 Å². The van der Waals surface area contributed by atoms with E-state index in [0.717, 1.165) is 11.1 Å². The molecule has 0 aromatic heterocycles. The minimum atomic E-state index is -0.161. The molecule has 2 aromatic carbocycles. The van der Waals surface area contributed by atoms with Gasteiger partial charge in [0.15, 0.2) is 0 Å². The first kappa shape index (κ1) is 23.4. The highest BCUT2D eigenvalue weighted by molar-refractivity contribution is 5.78. The van der Waals surface area contributed by atoms with Gasteiger partial charge in [0.25, 0.3) is 0 Å². The molecule has 0 aliphatic rings. The second-order valence-electron chi connectivity index (χ2n) is 7.31. The Morgan fingerprint density at radius 2 is 0.893 bits per heavy atom. The van der Waals surface area contributed by atoms with Crippen molar-refractivity contribution < 1.29 is 19.1 Å². The van der Waals surface area contributed by atoms with E-state index in [1.54, 1.807) is 0 Å². The van der Waals surface area contributed by atoms with Crippen LogP contribution in [0.3, 0.4) is 0 Å². The molecule has 0 heterocycles. The zero-order valence-corrected chi connectivity index (χ0v) is 17.7. The topological polar surface area (TPSA) is 52.6 Å². The third-order valence-electron chi connectivity index (χ3n) is 4.56. The van der Waals surface area contributed by atoms with Gasteiger partial charge < -0.3 is 9.47 Å². The maximum Gasteiger partial charge on any atom is 0.313 e. The molecule has 0 aliphatic carbocycles. The molecule has 0 bridgehead atoms. The summed E-state index contributed by atoms with van der Waals surface area (Å²) in [6.07, 6.45) is 0.